The lowest BCUT2D eigenvalue weighted by Crippen LogP contribution is -2.15. The number of amides is 1. The molecular formula is C14H9BrFN3O2S2. The van der Waals surface area contributed by atoms with Gasteiger partial charge in [0.15, 0.2) is 0 Å². The van der Waals surface area contributed by atoms with Crippen LogP contribution in [0.3, 0.4) is 0 Å². The minimum atomic E-state index is -0.504. The van der Waals surface area contributed by atoms with Gasteiger partial charge in [-0.2, -0.15) is 0 Å². The highest BCUT2D eigenvalue weighted by molar-refractivity contribution is 9.10. The number of anilines is 1. The first-order chi connectivity index (χ1) is 11.1. The Hall–Kier alpha value is -1.71. The molecule has 0 bridgehead atoms. The van der Waals surface area contributed by atoms with Crippen LogP contribution in [0.15, 0.2) is 49.8 Å². The Morgan fingerprint density at radius 3 is 3.00 bits per heavy atom. The summed E-state index contributed by atoms with van der Waals surface area (Å²) in [6, 6.07) is 8.18. The van der Waals surface area contributed by atoms with Crippen LogP contribution in [0.25, 0.3) is 10.8 Å². The fourth-order valence-electron chi connectivity index (χ4n) is 1.67. The lowest BCUT2D eigenvalue weighted by Gasteiger charge is -2.05. The van der Waals surface area contributed by atoms with Crippen LogP contribution in [0.5, 0.6) is 0 Å². The van der Waals surface area contributed by atoms with E-state index in [1.807, 2.05) is 17.5 Å². The van der Waals surface area contributed by atoms with Crippen LogP contribution >= 0.6 is 39.0 Å². The fraction of sp³-hybridized carbons (Fsp3) is 0.0714. The van der Waals surface area contributed by atoms with Crippen molar-refractivity contribution in [3.8, 4) is 10.8 Å². The van der Waals surface area contributed by atoms with E-state index >= 15 is 0 Å². The number of benzene rings is 1. The number of rotatable bonds is 5. The molecule has 1 amide bonds. The summed E-state index contributed by atoms with van der Waals surface area (Å²) in [7, 11) is 0. The Balaban J connectivity index is 1.57. The third kappa shape index (κ3) is 4.18. The van der Waals surface area contributed by atoms with E-state index in [0.717, 1.165) is 16.6 Å². The monoisotopic (exact) mass is 413 g/mol. The molecule has 0 aliphatic rings. The van der Waals surface area contributed by atoms with Gasteiger partial charge in [-0.15, -0.1) is 21.5 Å². The second kappa shape index (κ2) is 7.24. The van der Waals surface area contributed by atoms with E-state index in [9.17, 15) is 9.18 Å². The number of aromatic nitrogens is 2. The lowest BCUT2D eigenvalue weighted by atomic mass is 10.3. The highest BCUT2D eigenvalue weighted by Gasteiger charge is 2.13. The van der Waals surface area contributed by atoms with E-state index in [1.54, 1.807) is 6.07 Å². The van der Waals surface area contributed by atoms with Gasteiger partial charge in [0.25, 0.3) is 11.1 Å². The fourth-order valence-corrected chi connectivity index (χ4v) is 3.21. The predicted molar refractivity (Wildman–Crippen MR) is 91.1 cm³/mol. The van der Waals surface area contributed by atoms with Crippen molar-refractivity contribution in [1.82, 2.24) is 10.2 Å². The zero-order valence-electron chi connectivity index (χ0n) is 11.5. The molecule has 0 unspecified atom stereocenters. The summed E-state index contributed by atoms with van der Waals surface area (Å²) in [6.45, 7) is 0. The molecule has 0 fully saturated rings. The smallest absolute Gasteiger partial charge is 0.277 e. The topological polar surface area (TPSA) is 68.0 Å². The molecule has 0 saturated carbocycles. The first kappa shape index (κ1) is 16.2. The molecule has 1 N–H and O–H groups in total. The summed E-state index contributed by atoms with van der Waals surface area (Å²) >= 11 is 5.74. The molecule has 5 nitrogen and oxygen atoms in total. The van der Waals surface area contributed by atoms with Crippen LogP contribution in [0.2, 0.25) is 0 Å². The Kier molecular flexibility index (Phi) is 5.09. The van der Waals surface area contributed by atoms with Gasteiger partial charge >= 0.3 is 0 Å². The van der Waals surface area contributed by atoms with Crippen molar-refractivity contribution in [1.29, 1.82) is 0 Å². The van der Waals surface area contributed by atoms with Crippen LogP contribution in [0, 0.1) is 5.82 Å². The minimum absolute atomic E-state index is 0.0432. The predicted octanol–water partition coefficient (Wildman–Crippen LogP) is 4.43. The number of hydrogen-bond acceptors (Lipinski definition) is 6. The van der Waals surface area contributed by atoms with Gasteiger partial charge in [0.1, 0.15) is 5.82 Å². The molecule has 0 spiro atoms. The van der Waals surface area contributed by atoms with E-state index in [-0.39, 0.29) is 17.3 Å². The van der Waals surface area contributed by atoms with Crippen molar-refractivity contribution in [2.75, 3.05) is 11.1 Å². The van der Waals surface area contributed by atoms with E-state index in [0.29, 0.717) is 15.6 Å². The number of hydrogen-bond donors (Lipinski definition) is 1. The summed E-state index contributed by atoms with van der Waals surface area (Å²) in [6.07, 6.45) is 0. The summed E-state index contributed by atoms with van der Waals surface area (Å²) in [5.74, 6) is -0.397. The molecule has 0 saturated heterocycles. The summed E-state index contributed by atoms with van der Waals surface area (Å²) < 4.78 is 19.7. The Bertz CT molecular complexity index is 823. The van der Waals surface area contributed by atoms with E-state index in [1.165, 1.54) is 23.5 Å². The largest absolute Gasteiger partial charge is 0.410 e. The maximum atomic E-state index is 13.6. The van der Waals surface area contributed by atoms with Crippen molar-refractivity contribution >= 4 is 50.6 Å². The molecule has 3 aromatic rings. The number of carbonyl (C=O) groups is 1. The van der Waals surface area contributed by atoms with Gasteiger partial charge in [0.05, 0.1) is 16.3 Å². The SMILES string of the molecule is O=C(CSc1nnc(-c2cccs2)o1)Nc1ccc(Br)cc1F. The van der Waals surface area contributed by atoms with Crippen molar-refractivity contribution < 1.29 is 13.6 Å². The van der Waals surface area contributed by atoms with Crippen molar-refractivity contribution in [2.45, 2.75) is 5.22 Å². The first-order valence-electron chi connectivity index (χ1n) is 6.37. The van der Waals surface area contributed by atoms with E-state index in [4.69, 9.17) is 4.42 Å². The Morgan fingerprint density at radius 2 is 2.26 bits per heavy atom. The number of halogens is 2. The molecule has 23 heavy (non-hydrogen) atoms. The third-order valence-corrected chi connectivity index (χ3v) is 4.84. The van der Waals surface area contributed by atoms with Gasteiger partial charge in [-0.3, -0.25) is 4.79 Å². The second-order valence-electron chi connectivity index (χ2n) is 4.31. The number of nitrogens with one attached hydrogen (secondary N) is 1. The molecule has 0 aliphatic carbocycles. The highest BCUT2D eigenvalue weighted by atomic mass is 79.9. The van der Waals surface area contributed by atoms with Crippen LogP contribution in [0.1, 0.15) is 0 Å². The van der Waals surface area contributed by atoms with E-state index < -0.39 is 5.82 Å². The zero-order chi connectivity index (χ0) is 16.2. The van der Waals surface area contributed by atoms with Crippen molar-refractivity contribution in [3.63, 3.8) is 0 Å². The van der Waals surface area contributed by atoms with E-state index in [2.05, 4.69) is 31.4 Å². The van der Waals surface area contributed by atoms with Gasteiger partial charge in [-0.05, 0) is 29.6 Å². The Morgan fingerprint density at radius 1 is 1.39 bits per heavy atom. The molecule has 9 heteroatoms. The normalized spacial score (nSPS) is 10.7. The molecular weight excluding hydrogens is 405 g/mol. The number of nitrogens with zero attached hydrogens (tertiary/aromatic N) is 2. The average Bonchev–Trinajstić information content (AvgIpc) is 3.18. The van der Waals surface area contributed by atoms with Crippen molar-refractivity contribution in [3.05, 3.63) is 46.0 Å². The first-order valence-corrected chi connectivity index (χ1v) is 9.03. The Labute approximate surface area is 147 Å². The summed E-state index contributed by atoms with van der Waals surface area (Å²) in [5, 5.41) is 12.5. The summed E-state index contributed by atoms with van der Waals surface area (Å²) in [4.78, 5) is 12.7. The third-order valence-electron chi connectivity index (χ3n) is 2.67. The summed E-state index contributed by atoms with van der Waals surface area (Å²) in [5.41, 5.74) is 0.128. The number of thiophene rings is 1. The maximum Gasteiger partial charge on any atom is 0.277 e. The quantitative estimate of drug-likeness (QED) is 0.626. The molecule has 2 aromatic heterocycles. The van der Waals surface area contributed by atoms with Gasteiger partial charge < -0.3 is 9.73 Å². The maximum absolute atomic E-state index is 13.6. The van der Waals surface area contributed by atoms with Crippen LogP contribution < -0.4 is 5.32 Å². The lowest BCUT2D eigenvalue weighted by molar-refractivity contribution is -0.113. The molecule has 0 aliphatic heterocycles. The molecule has 0 atom stereocenters. The highest BCUT2D eigenvalue weighted by Crippen LogP contribution is 2.26. The van der Waals surface area contributed by atoms with Crippen LogP contribution in [-0.2, 0) is 4.79 Å². The minimum Gasteiger partial charge on any atom is -0.410 e. The number of carbonyl (C=O) groups excluding carboxylic acids is 1. The second-order valence-corrected chi connectivity index (χ2v) is 7.10. The van der Waals surface area contributed by atoms with Gasteiger partial charge in [-0.25, -0.2) is 4.39 Å². The van der Waals surface area contributed by atoms with Gasteiger partial charge in [-0.1, -0.05) is 33.8 Å². The molecule has 118 valence electrons. The molecule has 0 radical (unpaired) electrons. The molecule has 2 heterocycles. The van der Waals surface area contributed by atoms with Crippen LogP contribution in [-0.4, -0.2) is 21.9 Å². The van der Waals surface area contributed by atoms with Crippen LogP contribution in [0.4, 0.5) is 10.1 Å². The zero-order valence-corrected chi connectivity index (χ0v) is 14.7. The standard InChI is InChI=1S/C14H9BrFN3O2S2/c15-8-3-4-10(9(16)6-8)17-12(20)7-23-14-19-18-13(21-14)11-2-1-5-22-11/h1-6H,7H2,(H,17,20). The number of thioether (sulfide) groups is 1. The molecule has 1 aromatic carbocycles. The van der Waals surface area contributed by atoms with Gasteiger partial charge in [0, 0.05) is 4.47 Å². The molecule has 3 rings (SSSR count). The van der Waals surface area contributed by atoms with Crippen molar-refractivity contribution in [2.24, 2.45) is 0 Å². The van der Waals surface area contributed by atoms with Gasteiger partial charge in [0.2, 0.25) is 5.91 Å². The average molecular weight is 414 g/mol.